The number of halogens is 3. The molecule has 0 aromatic heterocycles. The number of carboxylic acid groups (broad SMARTS) is 1. The summed E-state index contributed by atoms with van der Waals surface area (Å²) >= 11 is 0. The third-order valence-corrected chi connectivity index (χ3v) is 4.63. The molecule has 6 heteroatoms. The van der Waals surface area contributed by atoms with E-state index in [1.807, 2.05) is 4.90 Å². The number of hydrogen-bond acceptors (Lipinski definition) is 2. The van der Waals surface area contributed by atoms with Gasteiger partial charge in [0, 0.05) is 18.8 Å². The first kappa shape index (κ1) is 14.2. The minimum Gasteiger partial charge on any atom is -0.478 e. The third kappa shape index (κ3) is 2.59. The van der Waals surface area contributed by atoms with Gasteiger partial charge >= 0.3 is 12.1 Å². The molecule has 3 nitrogen and oxygen atoms in total. The fourth-order valence-electron chi connectivity index (χ4n) is 3.60. The van der Waals surface area contributed by atoms with Crippen LogP contribution in [0.25, 0.3) is 0 Å². The Bertz CT molecular complexity index is 559. The molecule has 1 heterocycles. The van der Waals surface area contributed by atoms with Crippen molar-refractivity contribution >= 4 is 11.7 Å². The summed E-state index contributed by atoms with van der Waals surface area (Å²) in [4.78, 5) is 13.1. The van der Waals surface area contributed by atoms with Gasteiger partial charge in [0.2, 0.25) is 0 Å². The molecule has 1 aromatic rings. The van der Waals surface area contributed by atoms with Gasteiger partial charge in [0.1, 0.15) is 0 Å². The zero-order valence-electron chi connectivity index (χ0n) is 11.4. The van der Waals surface area contributed by atoms with Crippen LogP contribution in [0.5, 0.6) is 0 Å². The van der Waals surface area contributed by atoms with Gasteiger partial charge in [0.05, 0.1) is 11.1 Å². The van der Waals surface area contributed by atoms with Gasteiger partial charge < -0.3 is 10.0 Å². The number of anilines is 1. The summed E-state index contributed by atoms with van der Waals surface area (Å²) in [6, 6.07) is 3.43. The Morgan fingerprint density at radius 3 is 2.33 bits per heavy atom. The molecule has 21 heavy (non-hydrogen) atoms. The fraction of sp³-hybridized carbons (Fsp3) is 0.533. The first-order chi connectivity index (χ1) is 9.86. The first-order valence-electron chi connectivity index (χ1n) is 7.06. The zero-order valence-corrected chi connectivity index (χ0v) is 11.4. The highest BCUT2D eigenvalue weighted by atomic mass is 19.4. The molecule has 1 aromatic carbocycles. The molecule has 2 aliphatic rings. The van der Waals surface area contributed by atoms with Crippen molar-refractivity contribution in [2.75, 3.05) is 18.0 Å². The Morgan fingerprint density at radius 1 is 1.19 bits per heavy atom. The fourth-order valence-corrected chi connectivity index (χ4v) is 3.60. The quantitative estimate of drug-likeness (QED) is 0.906. The van der Waals surface area contributed by atoms with Crippen molar-refractivity contribution in [3.8, 4) is 0 Å². The number of carboxylic acids is 1. The molecule has 1 saturated heterocycles. The topological polar surface area (TPSA) is 40.5 Å². The van der Waals surface area contributed by atoms with E-state index in [-0.39, 0.29) is 0 Å². The molecule has 1 aliphatic heterocycles. The Hall–Kier alpha value is -1.72. The van der Waals surface area contributed by atoms with Crippen molar-refractivity contribution in [2.24, 2.45) is 11.8 Å². The van der Waals surface area contributed by atoms with Crippen LogP contribution in [0.3, 0.4) is 0 Å². The standard InChI is InChI=1S/C15H16F3NO2/c16-15(17,18)13-5-4-11(6-12(13)14(20)21)19-7-9-2-1-3-10(9)8-19/h4-6,9-10H,1-3,7-8H2,(H,20,21). The molecule has 1 N–H and O–H groups in total. The van der Waals surface area contributed by atoms with Crippen LogP contribution >= 0.6 is 0 Å². The Labute approximate surface area is 120 Å². The number of nitrogens with zero attached hydrogens (tertiary/aromatic N) is 1. The van der Waals surface area contributed by atoms with E-state index in [1.54, 1.807) is 0 Å². The number of fused-ring (bicyclic) bond motifs is 1. The van der Waals surface area contributed by atoms with Gasteiger partial charge in [0.25, 0.3) is 0 Å². The van der Waals surface area contributed by atoms with E-state index in [4.69, 9.17) is 5.11 Å². The second-order valence-electron chi connectivity index (χ2n) is 5.89. The lowest BCUT2D eigenvalue weighted by Crippen LogP contribution is -2.22. The number of benzene rings is 1. The lowest BCUT2D eigenvalue weighted by atomic mass is 10.0. The van der Waals surface area contributed by atoms with Crippen LogP contribution in [-0.4, -0.2) is 24.2 Å². The predicted octanol–water partition coefficient (Wildman–Crippen LogP) is 3.64. The molecule has 1 aliphatic carbocycles. The van der Waals surface area contributed by atoms with Crippen LogP contribution < -0.4 is 4.90 Å². The molecule has 0 spiro atoms. The summed E-state index contributed by atoms with van der Waals surface area (Å²) in [6.45, 7) is 1.63. The maximum absolute atomic E-state index is 12.8. The van der Waals surface area contributed by atoms with Crippen LogP contribution in [0.4, 0.5) is 18.9 Å². The van der Waals surface area contributed by atoms with E-state index in [1.165, 1.54) is 12.5 Å². The molecule has 0 bridgehead atoms. The lowest BCUT2D eigenvalue weighted by Gasteiger charge is -2.21. The number of carbonyl (C=O) groups is 1. The highest BCUT2D eigenvalue weighted by molar-refractivity contribution is 5.91. The number of rotatable bonds is 2. The van der Waals surface area contributed by atoms with Crippen molar-refractivity contribution in [3.05, 3.63) is 29.3 Å². The smallest absolute Gasteiger partial charge is 0.417 e. The van der Waals surface area contributed by atoms with E-state index in [9.17, 15) is 18.0 Å². The van der Waals surface area contributed by atoms with E-state index >= 15 is 0 Å². The maximum Gasteiger partial charge on any atom is 0.417 e. The van der Waals surface area contributed by atoms with E-state index in [2.05, 4.69) is 0 Å². The molecule has 2 unspecified atom stereocenters. The van der Waals surface area contributed by atoms with Gasteiger partial charge in [-0.05, 0) is 42.9 Å². The largest absolute Gasteiger partial charge is 0.478 e. The summed E-state index contributed by atoms with van der Waals surface area (Å²) in [5.74, 6) is -0.343. The molecular formula is C15H16F3NO2. The van der Waals surface area contributed by atoms with Crippen molar-refractivity contribution in [1.29, 1.82) is 0 Å². The van der Waals surface area contributed by atoms with Crippen LogP contribution in [0, 0.1) is 11.8 Å². The summed E-state index contributed by atoms with van der Waals surface area (Å²) in [7, 11) is 0. The molecule has 0 radical (unpaired) electrons. The van der Waals surface area contributed by atoms with Crippen LogP contribution in [0.2, 0.25) is 0 Å². The minimum absolute atomic E-state index is 0.579. The Morgan fingerprint density at radius 2 is 1.81 bits per heavy atom. The SMILES string of the molecule is O=C(O)c1cc(N2CC3CCCC3C2)ccc1C(F)(F)F. The van der Waals surface area contributed by atoms with E-state index < -0.39 is 23.3 Å². The average molecular weight is 299 g/mol. The van der Waals surface area contributed by atoms with Gasteiger partial charge in [-0.2, -0.15) is 13.2 Å². The van der Waals surface area contributed by atoms with E-state index in [0.717, 1.165) is 38.1 Å². The molecule has 114 valence electrons. The van der Waals surface area contributed by atoms with Gasteiger partial charge in [-0.15, -0.1) is 0 Å². The van der Waals surface area contributed by atoms with Crippen molar-refractivity contribution in [1.82, 2.24) is 0 Å². The summed E-state index contributed by atoms with van der Waals surface area (Å²) in [6.07, 6.45) is -1.11. The van der Waals surface area contributed by atoms with Gasteiger partial charge in [-0.25, -0.2) is 4.79 Å². The molecule has 1 saturated carbocycles. The van der Waals surface area contributed by atoms with Crippen LogP contribution in [0.15, 0.2) is 18.2 Å². The highest BCUT2D eigenvalue weighted by Crippen LogP contribution is 2.41. The summed E-state index contributed by atoms with van der Waals surface area (Å²) in [5, 5.41) is 9.04. The number of aromatic carboxylic acids is 1. The van der Waals surface area contributed by atoms with Gasteiger partial charge in [0.15, 0.2) is 0 Å². The second-order valence-corrected chi connectivity index (χ2v) is 5.89. The Balaban J connectivity index is 1.91. The van der Waals surface area contributed by atoms with Crippen LogP contribution in [-0.2, 0) is 6.18 Å². The van der Waals surface area contributed by atoms with Gasteiger partial charge in [-0.3, -0.25) is 0 Å². The normalized spacial score (nSPS) is 25.2. The molecule has 3 rings (SSSR count). The summed E-state index contributed by atoms with van der Waals surface area (Å²) < 4.78 is 38.5. The lowest BCUT2D eigenvalue weighted by molar-refractivity contribution is -0.138. The third-order valence-electron chi connectivity index (χ3n) is 4.63. The average Bonchev–Trinajstić information content (AvgIpc) is 2.97. The van der Waals surface area contributed by atoms with Crippen LogP contribution in [0.1, 0.15) is 35.2 Å². The second kappa shape index (κ2) is 4.93. The molecule has 0 amide bonds. The number of hydrogen-bond donors (Lipinski definition) is 1. The predicted molar refractivity (Wildman–Crippen MR) is 71.4 cm³/mol. The Kier molecular flexibility index (Phi) is 3.34. The highest BCUT2D eigenvalue weighted by Gasteiger charge is 2.38. The number of alkyl halides is 3. The van der Waals surface area contributed by atoms with Gasteiger partial charge in [-0.1, -0.05) is 6.42 Å². The molecule has 2 fully saturated rings. The van der Waals surface area contributed by atoms with Crippen molar-refractivity contribution < 1.29 is 23.1 Å². The summed E-state index contributed by atoms with van der Waals surface area (Å²) in [5.41, 5.74) is -1.18. The van der Waals surface area contributed by atoms with Crippen molar-refractivity contribution in [3.63, 3.8) is 0 Å². The minimum atomic E-state index is -4.65. The molecule has 2 atom stereocenters. The zero-order chi connectivity index (χ0) is 15.2. The maximum atomic E-state index is 12.8. The van der Waals surface area contributed by atoms with E-state index in [0.29, 0.717) is 17.5 Å². The van der Waals surface area contributed by atoms with Crippen molar-refractivity contribution in [2.45, 2.75) is 25.4 Å². The monoisotopic (exact) mass is 299 g/mol. The first-order valence-corrected chi connectivity index (χ1v) is 7.06. The molecular weight excluding hydrogens is 283 g/mol.